The van der Waals surface area contributed by atoms with E-state index in [2.05, 4.69) is 20.8 Å². The SMILES string of the molecule is CC1(C)C[C@H]2C[C@](C)(CN2C(=O)COC(=O)c2cc3ccccc3s2)C1. The van der Waals surface area contributed by atoms with Crippen molar-refractivity contribution in [2.24, 2.45) is 10.8 Å². The molecule has 4 rings (SSSR count). The summed E-state index contributed by atoms with van der Waals surface area (Å²) in [5.41, 5.74) is 0.456. The van der Waals surface area contributed by atoms with Gasteiger partial charge >= 0.3 is 5.97 Å². The highest BCUT2D eigenvalue weighted by Gasteiger charge is 2.50. The number of benzene rings is 1. The number of hydrogen-bond acceptors (Lipinski definition) is 4. The first-order valence-corrected chi connectivity index (χ1v) is 10.0. The summed E-state index contributed by atoms with van der Waals surface area (Å²) >= 11 is 1.40. The summed E-state index contributed by atoms with van der Waals surface area (Å²) in [6, 6.07) is 9.96. The van der Waals surface area contributed by atoms with E-state index < -0.39 is 5.97 Å². The quantitative estimate of drug-likeness (QED) is 0.747. The Kier molecular flexibility index (Phi) is 4.10. The molecule has 2 aliphatic rings. The zero-order valence-corrected chi connectivity index (χ0v) is 16.4. The fraction of sp³-hybridized carbons (Fsp3) is 0.524. The van der Waals surface area contributed by atoms with Gasteiger partial charge in [-0.15, -0.1) is 11.3 Å². The van der Waals surface area contributed by atoms with Crippen molar-refractivity contribution in [3.63, 3.8) is 0 Å². The van der Waals surface area contributed by atoms with E-state index in [1.54, 1.807) is 0 Å². The molecule has 1 saturated carbocycles. The van der Waals surface area contributed by atoms with Gasteiger partial charge in [0.15, 0.2) is 6.61 Å². The molecular weight excluding hydrogens is 346 g/mol. The van der Waals surface area contributed by atoms with Crippen LogP contribution in [0.3, 0.4) is 0 Å². The molecule has 2 bridgehead atoms. The molecular formula is C21H25NO3S. The molecule has 2 fully saturated rings. The van der Waals surface area contributed by atoms with Crippen LogP contribution in [0.15, 0.2) is 30.3 Å². The summed E-state index contributed by atoms with van der Waals surface area (Å²) in [5, 5.41) is 1.03. The first-order valence-electron chi connectivity index (χ1n) is 9.20. The molecule has 1 amide bonds. The number of likely N-dealkylation sites (tertiary alicyclic amines) is 1. The van der Waals surface area contributed by atoms with Crippen LogP contribution in [0.1, 0.15) is 49.7 Å². The van der Waals surface area contributed by atoms with Crippen molar-refractivity contribution in [3.05, 3.63) is 35.2 Å². The summed E-state index contributed by atoms with van der Waals surface area (Å²) in [4.78, 5) is 27.5. The van der Waals surface area contributed by atoms with E-state index in [4.69, 9.17) is 4.74 Å². The van der Waals surface area contributed by atoms with Crippen molar-refractivity contribution in [1.29, 1.82) is 0 Å². The summed E-state index contributed by atoms with van der Waals surface area (Å²) in [6.07, 6.45) is 3.23. The van der Waals surface area contributed by atoms with Gasteiger partial charge in [-0.1, -0.05) is 39.0 Å². The van der Waals surface area contributed by atoms with Crippen LogP contribution >= 0.6 is 11.3 Å². The lowest BCUT2D eigenvalue weighted by Gasteiger charge is -2.39. The Morgan fingerprint density at radius 1 is 1.23 bits per heavy atom. The monoisotopic (exact) mass is 371 g/mol. The van der Waals surface area contributed by atoms with Gasteiger partial charge in [0.25, 0.3) is 5.91 Å². The van der Waals surface area contributed by atoms with Gasteiger partial charge < -0.3 is 9.64 Å². The second kappa shape index (κ2) is 6.08. The first kappa shape index (κ1) is 17.5. The molecule has 0 unspecified atom stereocenters. The maximum atomic E-state index is 12.7. The van der Waals surface area contributed by atoms with E-state index in [0.717, 1.165) is 35.9 Å². The Bertz CT molecular complexity index is 838. The van der Waals surface area contributed by atoms with E-state index in [1.165, 1.54) is 11.3 Å². The fourth-order valence-electron chi connectivity index (χ4n) is 5.12. The van der Waals surface area contributed by atoms with Crippen LogP contribution in [-0.2, 0) is 9.53 Å². The van der Waals surface area contributed by atoms with Crippen molar-refractivity contribution in [2.45, 2.75) is 46.1 Å². The second-order valence-corrected chi connectivity index (χ2v) is 10.0. The molecule has 2 aromatic rings. The zero-order valence-electron chi connectivity index (χ0n) is 15.6. The fourth-order valence-corrected chi connectivity index (χ4v) is 6.07. The second-order valence-electron chi connectivity index (χ2n) is 8.96. The third-order valence-electron chi connectivity index (χ3n) is 5.69. The number of nitrogens with zero attached hydrogens (tertiary/aromatic N) is 1. The van der Waals surface area contributed by atoms with Gasteiger partial charge in [-0.25, -0.2) is 4.79 Å². The molecule has 1 aliphatic heterocycles. The third-order valence-corrected chi connectivity index (χ3v) is 6.78. The topological polar surface area (TPSA) is 46.6 Å². The number of thiophene rings is 1. The minimum absolute atomic E-state index is 0.0640. The predicted octanol–water partition coefficient (Wildman–Crippen LogP) is 4.49. The largest absolute Gasteiger partial charge is 0.451 e. The molecule has 5 heteroatoms. The summed E-state index contributed by atoms with van der Waals surface area (Å²) in [6.45, 7) is 7.46. The molecule has 4 nitrogen and oxygen atoms in total. The molecule has 0 radical (unpaired) electrons. The smallest absolute Gasteiger partial charge is 0.348 e. The predicted molar refractivity (Wildman–Crippen MR) is 103 cm³/mol. The minimum atomic E-state index is -0.409. The van der Waals surface area contributed by atoms with Gasteiger partial charge in [0.2, 0.25) is 0 Å². The number of carbonyl (C=O) groups excluding carboxylic acids is 2. The molecule has 1 aromatic carbocycles. The molecule has 2 atom stereocenters. The average Bonchev–Trinajstić information content (AvgIpc) is 3.09. The molecule has 26 heavy (non-hydrogen) atoms. The van der Waals surface area contributed by atoms with Gasteiger partial charge in [-0.3, -0.25) is 4.79 Å². The Labute approximate surface area is 158 Å². The van der Waals surface area contributed by atoms with Crippen LogP contribution in [0.5, 0.6) is 0 Å². The number of esters is 1. The number of hydrogen-bond donors (Lipinski definition) is 0. The normalized spacial score (nSPS) is 26.9. The van der Waals surface area contributed by atoms with E-state index in [-0.39, 0.29) is 29.4 Å². The summed E-state index contributed by atoms with van der Waals surface area (Å²) in [7, 11) is 0. The highest BCUT2D eigenvalue weighted by atomic mass is 32.1. The molecule has 1 aromatic heterocycles. The average molecular weight is 372 g/mol. The highest BCUT2D eigenvalue weighted by molar-refractivity contribution is 7.20. The highest BCUT2D eigenvalue weighted by Crippen LogP contribution is 2.52. The molecule has 2 heterocycles. The van der Waals surface area contributed by atoms with Crippen LogP contribution in [0.2, 0.25) is 0 Å². The van der Waals surface area contributed by atoms with E-state index in [0.29, 0.717) is 4.88 Å². The lowest BCUT2D eigenvalue weighted by molar-refractivity contribution is -0.135. The zero-order chi connectivity index (χ0) is 18.5. The van der Waals surface area contributed by atoms with Crippen LogP contribution in [-0.4, -0.2) is 36.0 Å². The molecule has 1 aliphatic carbocycles. The Hall–Kier alpha value is -1.88. The lowest BCUT2D eigenvalue weighted by atomic mass is 9.65. The van der Waals surface area contributed by atoms with Gasteiger partial charge in [-0.05, 0) is 47.6 Å². The Morgan fingerprint density at radius 3 is 2.77 bits per heavy atom. The minimum Gasteiger partial charge on any atom is -0.451 e. The van der Waals surface area contributed by atoms with Crippen LogP contribution in [0.25, 0.3) is 10.1 Å². The third kappa shape index (κ3) is 3.25. The van der Waals surface area contributed by atoms with E-state index in [9.17, 15) is 9.59 Å². The number of fused-ring (bicyclic) bond motifs is 3. The summed E-state index contributed by atoms with van der Waals surface area (Å²) < 4.78 is 6.40. The van der Waals surface area contributed by atoms with E-state index in [1.807, 2.05) is 35.2 Å². The lowest BCUT2D eigenvalue weighted by Crippen LogP contribution is -2.39. The van der Waals surface area contributed by atoms with Gasteiger partial charge in [0.05, 0.1) is 0 Å². The Morgan fingerprint density at radius 2 is 2.00 bits per heavy atom. The molecule has 138 valence electrons. The summed E-state index contributed by atoms with van der Waals surface area (Å²) in [5.74, 6) is -0.473. The van der Waals surface area contributed by atoms with Crippen molar-refractivity contribution in [1.82, 2.24) is 4.90 Å². The van der Waals surface area contributed by atoms with E-state index >= 15 is 0 Å². The van der Waals surface area contributed by atoms with Crippen molar-refractivity contribution in [3.8, 4) is 0 Å². The number of rotatable bonds is 3. The molecule has 0 spiro atoms. The van der Waals surface area contributed by atoms with Crippen molar-refractivity contribution >= 4 is 33.3 Å². The Balaban J connectivity index is 1.40. The molecule has 0 N–H and O–H groups in total. The van der Waals surface area contributed by atoms with Crippen LogP contribution < -0.4 is 0 Å². The molecule has 1 saturated heterocycles. The van der Waals surface area contributed by atoms with Crippen LogP contribution in [0.4, 0.5) is 0 Å². The van der Waals surface area contributed by atoms with Gasteiger partial charge in [-0.2, -0.15) is 0 Å². The number of amides is 1. The standard InChI is InChI=1S/C21H25NO3S/c1-20(2)9-15-10-21(3,12-20)13-22(15)18(23)11-25-19(24)17-8-14-6-4-5-7-16(14)26-17/h4-8,15H,9-13H2,1-3H3/t15-,21-/m0/s1. The van der Waals surface area contributed by atoms with Crippen molar-refractivity contribution < 1.29 is 14.3 Å². The van der Waals surface area contributed by atoms with Crippen LogP contribution in [0, 0.1) is 10.8 Å². The van der Waals surface area contributed by atoms with Gasteiger partial charge in [0.1, 0.15) is 4.88 Å². The maximum Gasteiger partial charge on any atom is 0.348 e. The first-order chi connectivity index (χ1) is 12.2. The van der Waals surface area contributed by atoms with Gasteiger partial charge in [0, 0.05) is 17.3 Å². The number of ether oxygens (including phenoxy) is 1. The van der Waals surface area contributed by atoms with Crippen molar-refractivity contribution in [2.75, 3.05) is 13.2 Å². The number of carbonyl (C=O) groups is 2. The maximum absolute atomic E-state index is 12.7.